The van der Waals surface area contributed by atoms with Crippen LogP contribution >= 0.6 is 11.8 Å². The molecular weight excluding hydrogens is 402 g/mol. The third-order valence-electron chi connectivity index (χ3n) is 3.46. The topological polar surface area (TPSA) is 111 Å². The highest BCUT2D eigenvalue weighted by Gasteiger charge is 2.15. The number of hydrogen-bond donors (Lipinski definition) is 1. The van der Waals surface area contributed by atoms with Crippen LogP contribution in [0.5, 0.6) is 0 Å². The predicted molar refractivity (Wildman–Crippen MR) is 104 cm³/mol. The highest BCUT2D eigenvalue weighted by molar-refractivity contribution is 7.99. The third-order valence-corrected chi connectivity index (χ3v) is 5.65. The molecule has 1 N–H and O–H groups in total. The summed E-state index contributed by atoms with van der Waals surface area (Å²) in [5.74, 6) is -0.0125. The van der Waals surface area contributed by atoms with Crippen molar-refractivity contribution in [1.29, 1.82) is 0 Å². The lowest BCUT2D eigenvalue weighted by atomic mass is 10.2. The number of hydrogen-bond acceptors (Lipinski definition) is 8. The van der Waals surface area contributed by atoms with Gasteiger partial charge in [0.25, 0.3) is 15.2 Å². The van der Waals surface area contributed by atoms with Crippen LogP contribution in [0.15, 0.2) is 69.1 Å². The average molecular weight is 419 g/mol. The average Bonchev–Trinajstić information content (AvgIpc) is 3.17. The minimum absolute atomic E-state index is 0.0790. The van der Waals surface area contributed by atoms with Gasteiger partial charge in [-0.1, -0.05) is 30.0 Å². The molecule has 0 amide bonds. The lowest BCUT2D eigenvalue weighted by molar-refractivity contribution is -0.139. The molecule has 2 aromatic carbocycles. The van der Waals surface area contributed by atoms with Crippen molar-refractivity contribution in [3.63, 3.8) is 0 Å². The molecule has 0 aliphatic rings. The minimum Gasteiger partial charge on any atom is -0.465 e. The molecule has 8 nitrogen and oxygen atoms in total. The summed E-state index contributed by atoms with van der Waals surface area (Å²) in [4.78, 5) is 11.5. The van der Waals surface area contributed by atoms with Crippen molar-refractivity contribution < 1.29 is 22.4 Å². The van der Waals surface area contributed by atoms with Gasteiger partial charge in [-0.25, -0.2) is 8.42 Å². The van der Waals surface area contributed by atoms with Crippen molar-refractivity contribution >= 4 is 33.4 Å². The first-order valence-corrected chi connectivity index (χ1v) is 10.7. The zero-order valence-electron chi connectivity index (χ0n) is 14.9. The largest absolute Gasteiger partial charge is 0.465 e. The summed E-state index contributed by atoms with van der Waals surface area (Å²) in [7, 11) is -3.66. The normalized spacial score (nSPS) is 11.2. The lowest BCUT2D eigenvalue weighted by Crippen LogP contribution is -2.12. The Labute approximate surface area is 166 Å². The van der Waals surface area contributed by atoms with E-state index in [2.05, 4.69) is 14.9 Å². The summed E-state index contributed by atoms with van der Waals surface area (Å²) in [6.45, 7) is 2.05. The van der Waals surface area contributed by atoms with Crippen LogP contribution in [0.4, 0.5) is 5.69 Å². The van der Waals surface area contributed by atoms with Crippen LogP contribution in [-0.2, 0) is 19.6 Å². The van der Waals surface area contributed by atoms with Crippen LogP contribution in [0, 0.1) is 0 Å². The van der Waals surface area contributed by atoms with Crippen molar-refractivity contribution in [2.45, 2.75) is 17.0 Å². The fourth-order valence-electron chi connectivity index (χ4n) is 2.20. The number of anilines is 1. The number of rotatable bonds is 8. The molecule has 0 unspecified atom stereocenters. The summed E-state index contributed by atoms with van der Waals surface area (Å²) in [6.07, 6.45) is 0. The van der Waals surface area contributed by atoms with Gasteiger partial charge in [0.05, 0.1) is 11.5 Å². The maximum absolute atomic E-state index is 12.3. The molecule has 0 bridgehead atoms. The molecule has 28 heavy (non-hydrogen) atoms. The molecule has 0 saturated heterocycles. The standard InChI is InChI=1S/C18H17N3O5S2/c1-2-25-16(22)12-27-18-20-19-17(26-18)13-8-10-14(11-9-13)21-28(23,24)15-6-4-3-5-7-15/h3-11,21H,2,12H2,1H3. The van der Waals surface area contributed by atoms with Crippen LogP contribution in [0.1, 0.15) is 6.92 Å². The number of carbonyl (C=O) groups is 1. The molecule has 0 saturated carbocycles. The maximum atomic E-state index is 12.3. The van der Waals surface area contributed by atoms with Crippen molar-refractivity contribution in [2.75, 3.05) is 17.1 Å². The minimum atomic E-state index is -3.66. The van der Waals surface area contributed by atoms with E-state index in [-0.39, 0.29) is 27.7 Å². The molecule has 1 aromatic heterocycles. The first-order valence-electron chi connectivity index (χ1n) is 8.28. The van der Waals surface area contributed by atoms with Gasteiger partial charge in [-0.3, -0.25) is 9.52 Å². The van der Waals surface area contributed by atoms with Crippen LogP contribution < -0.4 is 4.72 Å². The van der Waals surface area contributed by atoms with E-state index in [1.165, 1.54) is 12.1 Å². The zero-order chi connectivity index (χ0) is 20.0. The number of esters is 1. The first-order chi connectivity index (χ1) is 13.5. The van der Waals surface area contributed by atoms with Crippen molar-refractivity contribution in [2.24, 2.45) is 0 Å². The predicted octanol–water partition coefficient (Wildman–Crippen LogP) is 3.19. The van der Waals surface area contributed by atoms with Crippen LogP contribution in [-0.4, -0.2) is 36.9 Å². The number of nitrogens with one attached hydrogen (secondary N) is 1. The Morgan fingerprint density at radius 3 is 2.50 bits per heavy atom. The Balaban J connectivity index is 1.66. The number of benzene rings is 2. The van der Waals surface area contributed by atoms with E-state index in [1.807, 2.05) is 0 Å². The van der Waals surface area contributed by atoms with Gasteiger partial charge in [0.1, 0.15) is 5.75 Å². The van der Waals surface area contributed by atoms with Gasteiger partial charge in [-0.05, 0) is 43.3 Å². The maximum Gasteiger partial charge on any atom is 0.316 e. The monoisotopic (exact) mass is 419 g/mol. The molecule has 3 rings (SSSR count). The van der Waals surface area contributed by atoms with E-state index in [4.69, 9.17) is 9.15 Å². The van der Waals surface area contributed by atoms with Crippen LogP contribution in [0.3, 0.4) is 0 Å². The van der Waals surface area contributed by atoms with Gasteiger partial charge in [0.2, 0.25) is 5.89 Å². The van der Waals surface area contributed by atoms with Gasteiger partial charge in [0, 0.05) is 11.3 Å². The Morgan fingerprint density at radius 2 is 1.82 bits per heavy atom. The quantitative estimate of drug-likeness (QED) is 0.438. The molecule has 0 atom stereocenters. The molecule has 0 spiro atoms. The second-order valence-electron chi connectivity index (χ2n) is 5.46. The SMILES string of the molecule is CCOC(=O)CSc1nnc(-c2ccc(NS(=O)(=O)c3ccccc3)cc2)o1. The third kappa shape index (κ3) is 5.11. The van der Waals surface area contributed by atoms with Crippen molar-refractivity contribution in [3.05, 3.63) is 54.6 Å². The van der Waals surface area contributed by atoms with Gasteiger partial charge in [0.15, 0.2) is 0 Å². The van der Waals surface area contributed by atoms with Gasteiger partial charge < -0.3 is 9.15 Å². The lowest BCUT2D eigenvalue weighted by Gasteiger charge is -2.08. The summed E-state index contributed by atoms with van der Waals surface area (Å²) < 4.78 is 37.5. The summed E-state index contributed by atoms with van der Waals surface area (Å²) in [5.41, 5.74) is 1.03. The number of aromatic nitrogens is 2. The molecule has 1 heterocycles. The molecule has 146 valence electrons. The van der Waals surface area contributed by atoms with E-state index < -0.39 is 10.0 Å². The number of ether oxygens (including phenoxy) is 1. The van der Waals surface area contributed by atoms with E-state index in [9.17, 15) is 13.2 Å². The summed E-state index contributed by atoms with van der Waals surface area (Å²) in [6, 6.07) is 14.6. The highest BCUT2D eigenvalue weighted by atomic mass is 32.2. The van der Waals surface area contributed by atoms with E-state index in [0.717, 1.165) is 11.8 Å². The molecule has 0 radical (unpaired) electrons. The van der Waals surface area contributed by atoms with Gasteiger partial charge >= 0.3 is 5.97 Å². The van der Waals surface area contributed by atoms with Gasteiger partial charge in [-0.15, -0.1) is 10.2 Å². The van der Waals surface area contributed by atoms with Gasteiger partial charge in [-0.2, -0.15) is 0 Å². The Hall–Kier alpha value is -2.85. The molecular formula is C18H17N3O5S2. The first kappa shape index (κ1) is 19.9. The van der Waals surface area contributed by atoms with E-state index in [1.54, 1.807) is 49.4 Å². The van der Waals surface area contributed by atoms with E-state index >= 15 is 0 Å². The fourth-order valence-corrected chi connectivity index (χ4v) is 3.84. The van der Waals surface area contributed by atoms with Crippen molar-refractivity contribution in [1.82, 2.24) is 10.2 Å². The smallest absolute Gasteiger partial charge is 0.316 e. The molecule has 0 aliphatic carbocycles. The second-order valence-corrected chi connectivity index (χ2v) is 8.07. The Kier molecular flexibility index (Phi) is 6.32. The number of sulfonamides is 1. The fraction of sp³-hybridized carbons (Fsp3) is 0.167. The van der Waals surface area contributed by atoms with Crippen LogP contribution in [0.25, 0.3) is 11.5 Å². The number of nitrogens with zero attached hydrogens (tertiary/aromatic N) is 2. The number of carbonyl (C=O) groups excluding carboxylic acids is 1. The zero-order valence-corrected chi connectivity index (χ0v) is 16.5. The van der Waals surface area contributed by atoms with E-state index in [0.29, 0.717) is 17.9 Å². The van der Waals surface area contributed by atoms with Crippen molar-refractivity contribution in [3.8, 4) is 11.5 Å². The molecule has 10 heteroatoms. The summed E-state index contributed by atoms with van der Waals surface area (Å²) in [5, 5.41) is 8.05. The molecule has 0 aliphatic heterocycles. The molecule has 3 aromatic rings. The second kappa shape index (κ2) is 8.89. The Morgan fingerprint density at radius 1 is 1.11 bits per heavy atom. The van der Waals surface area contributed by atoms with Crippen LogP contribution in [0.2, 0.25) is 0 Å². The highest BCUT2D eigenvalue weighted by Crippen LogP contribution is 2.25. The molecule has 0 fully saturated rings. The Bertz CT molecular complexity index is 1030. The number of thioether (sulfide) groups is 1. The summed E-state index contributed by atoms with van der Waals surface area (Å²) >= 11 is 1.09.